The molecule has 0 aliphatic carbocycles. The average Bonchev–Trinajstić information content (AvgIpc) is 2.83. The zero-order valence-electron chi connectivity index (χ0n) is 20.1. The average molecular weight is 463 g/mol. The molecule has 0 heterocycles. The molecule has 0 saturated carbocycles. The molecule has 0 saturated heterocycles. The second-order valence-corrected chi connectivity index (χ2v) is 8.71. The predicted octanol–water partition coefficient (Wildman–Crippen LogP) is 5.27. The number of methoxy groups -OCH3 is 2. The number of anilines is 2. The van der Waals surface area contributed by atoms with Crippen molar-refractivity contribution in [1.29, 1.82) is 0 Å². The molecule has 0 spiro atoms. The molecule has 0 atom stereocenters. The smallest absolute Gasteiger partial charge is 0.262 e. The molecule has 0 unspecified atom stereocenters. The van der Waals surface area contributed by atoms with Crippen molar-refractivity contribution < 1.29 is 23.8 Å². The van der Waals surface area contributed by atoms with Crippen LogP contribution in [0, 0.1) is 0 Å². The Morgan fingerprint density at radius 2 is 1.38 bits per heavy atom. The van der Waals surface area contributed by atoms with E-state index in [0.29, 0.717) is 34.2 Å². The fourth-order valence-corrected chi connectivity index (χ4v) is 3.22. The van der Waals surface area contributed by atoms with E-state index < -0.39 is 0 Å². The van der Waals surface area contributed by atoms with E-state index in [-0.39, 0.29) is 23.8 Å². The molecule has 0 aliphatic rings. The lowest BCUT2D eigenvalue weighted by molar-refractivity contribution is -0.118. The molecule has 0 aromatic heterocycles. The second kappa shape index (κ2) is 10.7. The second-order valence-electron chi connectivity index (χ2n) is 8.71. The zero-order valence-corrected chi connectivity index (χ0v) is 20.1. The number of hydrogen-bond acceptors (Lipinski definition) is 5. The van der Waals surface area contributed by atoms with E-state index in [0.717, 1.165) is 0 Å². The Kier molecular flexibility index (Phi) is 7.79. The number of hydrogen-bond donors (Lipinski definition) is 2. The molecule has 7 heteroatoms. The lowest BCUT2D eigenvalue weighted by Gasteiger charge is -2.19. The van der Waals surface area contributed by atoms with Crippen LogP contribution in [0.1, 0.15) is 36.7 Å². The fraction of sp³-hybridized carbons (Fsp3) is 0.259. The maximum absolute atomic E-state index is 12.5. The van der Waals surface area contributed by atoms with Gasteiger partial charge in [0.1, 0.15) is 5.75 Å². The Morgan fingerprint density at radius 3 is 1.97 bits per heavy atom. The lowest BCUT2D eigenvalue weighted by atomic mass is 9.87. The van der Waals surface area contributed by atoms with E-state index >= 15 is 0 Å². The van der Waals surface area contributed by atoms with Crippen molar-refractivity contribution in [3.8, 4) is 17.2 Å². The van der Waals surface area contributed by atoms with Crippen molar-refractivity contribution in [3.05, 3.63) is 77.9 Å². The third kappa shape index (κ3) is 6.51. The third-order valence-electron chi connectivity index (χ3n) is 5.16. The van der Waals surface area contributed by atoms with Crippen molar-refractivity contribution in [2.24, 2.45) is 0 Å². The summed E-state index contributed by atoms with van der Waals surface area (Å²) in [6, 6.07) is 19.5. The minimum absolute atomic E-state index is 0.0310. The minimum Gasteiger partial charge on any atom is -0.493 e. The van der Waals surface area contributed by atoms with Gasteiger partial charge in [-0.1, -0.05) is 32.9 Å². The number of benzene rings is 3. The molecule has 34 heavy (non-hydrogen) atoms. The molecule has 7 nitrogen and oxygen atoms in total. The maximum atomic E-state index is 12.5. The summed E-state index contributed by atoms with van der Waals surface area (Å²) in [4.78, 5) is 24.8. The van der Waals surface area contributed by atoms with Gasteiger partial charge in [-0.2, -0.15) is 0 Å². The first-order valence-corrected chi connectivity index (χ1v) is 10.9. The van der Waals surface area contributed by atoms with Crippen molar-refractivity contribution in [2.45, 2.75) is 26.2 Å². The van der Waals surface area contributed by atoms with Crippen LogP contribution in [0.2, 0.25) is 0 Å². The number of carbonyl (C=O) groups is 2. The number of nitrogens with one attached hydrogen (secondary N) is 2. The molecule has 0 fully saturated rings. The molecular weight excluding hydrogens is 432 g/mol. The Labute approximate surface area is 200 Å². The third-order valence-corrected chi connectivity index (χ3v) is 5.16. The Balaban J connectivity index is 1.51. The number of ether oxygens (including phenoxy) is 3. The summed E-state index contributed by atoms with van der Waals surface area (Å²) in [6.45, 7) is 6.23. The highest BCUT2D eigenvalue weighted by Gasteiger charge is 2.14. The molecule has 178 valence electrons. The van der Waals surface area contributed by atoms with E-state index in [9.17, 15) is 9.59 Å². The fourth-order valence-electron chi connectivity index (χ4n) is 3.22. The van der Waals surface area contributed by atoms with Gasteiger partial charge in [0.15, 0.2) is 18.1 Å². The summed E-state index contributed by atoms with van der Waals surface area (Å²) in [6.07, 6.45) is 0. The van der Waals surface area contributed by atoms with E-state index in [4.69, 9.17) is 14.2 Å². The lowest BCUT2D eigenvalue weighted by Crippen LogP contribution is -2.20. The molecule has 0 aliphatic heterocycles. The van der Waals surface area contributed by atoms with Gasteiger partial charge < -0.3 is 24.8 Å². The normalized spacial score (nSPS) is 10.9. The van der Waals surface area contributed by atoms with Gasteiger partial charge in [-0.05, 0) is 59.5 Å². The summed E-state index contributed by atoms with van der Waals surface area (Å²) >= 11 is 0. The van der Waals surface area contributed by atoms with Crippen LogP contribution in [0.25, 0.3) is 0 Å². The van der Waals surface area contributed by atoms with Gasteiger partial charge in [-0.3, -0.25) is 9.59 Å². The first-order chi connectivity index (χ1) is 16.2. The highest BCUT2D eigenvalue weighted by Crippen LogP contribution is 2.29. The summed E-state index contributed by atoms with van der Waals surface area (Å²) in [7, 11) is 3.08. The van der Waals surface area contributed by atoms with Gasteiger partial charge in [0, 0.05) is 23.0 Å². The largest absolute Gasteiger partial charge is 0.493 e. The SMILES string of the molecule is COc1ccc(NC(=O)COc2ccc(NC(=O)c3ccc(C(C)(C)C)cc3)cc2)cc1OC. The van der Waals surface area contributed by atoms with Crippen LogP contribution in [-0.4, -0.2) is 32.6 Å². The molecule has 3 aromatic rings. The zero-order chi connectivity index (χ0) is 24.7. The molecule has 2 amide bonds. The van der Waals surface area contributed by atoms with Crippen molar-refractivity contribution in [2.75, 3.05) is 31.5 Å². The molecule has 2 N–H and O–H groups in total. The Hall–Kier alpha value is -4.00. The topological polar surface area (TPSA) is 85.9 Å². The van der Waals surface area contributed by atoms with E-state index in [1.54, 1.807) is 49.6 Å². The van der Waals surface area contributed by atoms with E-state index in [1.165, 1.54) is 12.7 Å². The molecule has 0 radical (unpaired) electrons. The van der Waals surface area contributed by atoms with Gasteiger partial charge in [-0.15, -0.1) is 0 Å². The molecule has 0 bridgehead atoms. The predicted molar refractivity (Wildman–Crippen MR) is 133 cm³/mol. The summed E-state index contributed by atoms with van der Waals surface area (Å²) in [5.41, 5.74) is 2.98. The first kappa shape index (κ1) is 24.6. The maximum Gasteiger partial charge on any atom is 0.262 e. The first-order valence-electron chi connectivity index (χ1n) is 10.9. The monoisotopic (exact) mass is 462 g/mol. The minimum atomic E-state index is -0.316. The van der Waals surface area contributed by atoms with Crippen LogP contribution in [0.15, 0.2) is 66.7 Å². The van der Waals surface area contributed by atoms with Crippen molar-refractivity contribution in [3.63, 3.8) is 0 Å². The highest BCUT2D eigenvalue weighted by molar-refractivity contribution is 6.04. The van der Waals surface area contributed by atoms with Crippen molar-refractivity contribution >= 4 is 23.2 Å². The standard InChI is InChI=1S/C27H30N2O5/c1-27(2,3)19-8-6-18(7-9-19)26(31)29-20-10-13-22(14-11-20)34-17-25(30)28-21-12-15-23(32-4)24(16-21)33-5/h6-16H,17H2,1-5H3,(H,28,30)(H,29,31). The summed E-state index contributed by atoms with van der Waals surface area (Å²) in [5, 5.41) is 5.62. The van der Waals surface area contributed by atoms with Gasteiger partial charge in [0.05, 0.1) is 14.2 Å². The Morgan fingerprint density at radius 1 is 0.765 bits per heavy atom. The van der Waals surface area contributed by atoms with Crippen LogP contribution >= 0.6 is 0 Å². The number of carbonyl (C=O) groups excluding carboxylic acids is 2. The highest BCUT2D eigenvalue weighted by atomic mass is 16.5. The van der Waals surface area contributed by atoms with Crippen LogP contribution in [0.5, 0.6) is 17.2 Å². The molecule has 3 aromatic carbocycles. The van der Waals surface area contributed by atoms with Gasteiger partial charge in [0.25, 0.3) is 11.8 Å². The molecular formula is C27H30N2O5. The van der Waals surface area contributed by atoms with Gasteiger partial charge >= 0.3 is 0 Å². The number of amides is 2. The van der Waals surface area contributed by atoms with Crippen LogP contribution in [0.3, 0.4) is 0 Å². The van der Waals surface area contributed by atoms with Crippen LogP contribution < -0.4 is 24.8 Å². The van der Waals surface area contributed by atoms with E-state index in [1.807, 2.05) is 24.3 Å². The Bertz CT molecular complexity index is 1130. The molecule has 3 rings (SSSR count). The summed E-state index contributed by atoms with van der Waals surface area (Å²) in [5.74, 6) is 1.09. The van der Waals surface area contributed by atoms with Gasteiger partial charge in [0.2, 0.25) is 0 Å². The van der Waals surface area contributed by atoms with Gasteiger partial charge in [-0.25, -0.2) is 0 Å². The number of rotatable bonds is 8. The van der Waals surface area contributed by atoms with Crippen LogP contribution in [0.4, 0.5) is 11.4 Å². The van der Waals surface area contributed by atoms with Crippen LogP contribution in [-0.2, 0) is 10.2 Å². The van der Waals surface area contributed by atoms with E-state index in [2.05, 4.69) is 31.4 Å². The quantitative estimate of drug-likeness (QED) is 0.476. The van der Waals surface area contributed by atoms with Crippen molar-refractivity contribution in [1.82, 2.24) is 0 Å². The summed E-state index contributed by atoms with van der Waals surface area (Å²) < 4.78 is 16.0.